The summed E-state index contributed by atoms with van der Waals surface area (Å²) in [6.07, 6.45) is 4.59. The fraction of sp³-hybridized carbons (Fsp3) is 0.435. The number of carbonyl (C=O) groups excluding carboxylic acids is 1. The maximum atomic E-state index is 13.0. The van der Waals surface area contributed by atoms with Crippen molar-refractivity contribution in [2.24, 2.45) is 7.05 Å². The maximum Gasteiger partial charge on any atom is 0.223 e. The normalized spacial score (nSPS) is 16.3. The number of methoxy groups -OCH3 is 1. The Kier molecular flexibility index (Phi) is 5.61. The molecule has 30 heavy (non-hydrogen) atoms. The van der Waals surface area contributed by atoms with E-state index >= 15 is 0 Å². The van der Waals surface area contributed by atoms with Gasteiger partial charge in [0.25, 0.3) is 0 Å². The highest BCUT2D eigenvalue weighted by Crippen LogP contribution is 2.36. The summed E-state index contributed by atoms with van der Waals surface area (Å²) >= 11 is 0. The second-order valence-corrected chi connectivity index (χ2v) is 7.80. The zero-order chi connectivity index (χ0) is 21.3. The Morgan fingerprint density at radius 1 is 1.27 bits per heavy atom. The number of aryl methyl sites for hydroxylation is 3. The number of nitrogens with zero attached hydrogens (tertiary/aromatic N) is 4. The summed E-state index contributed by atoms with van der Waals surface area (Å²) in [5.41, 5.74) is 4.27. The monoisotopic (exact) mass is 408 g/mol. The number of ether oxygens (including phenoxy) is 1. The molecule has 1 unspecified atom stereocenters. The molecule has 0 saturated carbocycles. The number of aromatic nitrogens is 3. The fourth-order valence-electron chi connectivity index (χ4n) is 4.31. The molecule has 1 aliphatic heterocycles. The van der Waals surface area contributed by atoms with Crippen LogP contribution in [-0.4, -0.2) is 39.2 Å². The molecule has 1 saturated heterocycles. The Bertz CT molecular complexity index is 1040. The van der Waals surface area contributed by atoms with Crippen LogP contribution >= 0.6 is 0 Å². The van der Waals surface area contributed by atoms with E-state index < -0.39 is 0 Å². The molecule has 158 valence electrons. The third kappa shape index (κ3) is 3.84. The number of hydrogen-bond donors (Lipinski definition) is 0. The van der Waals surface area contributed by atoms with E-state index in [9.17, 15) is 4.79 Å². The minimum absolute atomic E-state index is 0.116. The van der Waals surface area contributed by atoms with Crippen molar-refractivity contribution in [2.45, 2.75) is 45.6 Å². The second-order valence-electron chi connectivity index (χ2n) is 7.80. The molecular formula is C23H28N4O3. The molecule has 1 amide bonds. The Balaban J connectivity index is 1.41. The standard InChI is InChI=1S/C23H28N4O3/c1-15-23(16(2)26(3)25-15)19-6-5-13-27(19)22(28)12-11-21-24-14-20(30-21)17-7-9-18(29-4)10-8-17/h7-10,14,19H,5-6,11-13H2,1-4H3. The Hall–Kier alpha value is -3.09. The molecule has 0 radical (unpaired) electrons. The van der Waals surface area contributed by atoms with Gasteiger partial charge in [-0.05, 0) is 51.0 Å². The van der Waals surface area contributed by atoms with Gasteiger partial charge in [0.1, 0.15) is 5.75 Å². The number of hydrogen-bond acceptors (Lipinski definition) is 5. The van der Waals surface area contributed by atoms with Crippen LogP contribution in [0.5, 0.6) is 5.75 Å². The lowest BCUT2D eigenvalue weighted by Gasteiger charge is -2.25. The summed E-state index contributed by atoms with van der Waals surface area (Å²) in [7, 11) is 3.59. The largest absolute Gasteiger partial charge is 0.497 e. The Labute approximate surface area is 176 Å². The maximum absolute atomic E-state index is 13.0. The van der Waals surface area contributed by atoms with Gasteiger partial charge in [-0.3, -0.25) is 9.48 Å². The first kappa shape index (κ1) is 20.2. The van der Waals surface area contributed by atoms with Crippen molar-refractivity contribution in [1.82, 2.24) is 19.7 Å². The third-order valence-corrected chi connectivity index (χ3v) is 5.95. The SMILES string of the molecule is COc1ccc(-c2cnc(CCC(=O)N3CCCC3c3c(C)nn(C)c3C)o2)cc1. The summed E-state index contributed by atoms with van der Waals surface area (Å²) in [5, 5.41) is 4.53. The van der Waals surface area contributed by atoms with Crippen LogP contribution in [0.3, 0.4) is 0 Å². The van der Waals surface area contributed by atoms with E-state index in [1.807, 2.05) is 47.8 Å². The van der Waals surface area contributed by atoms with Crippen molar-refractivity contribution in [2.75, 3.05) is 13.7 Å². The first-order valence-corrected chi connectivity index (χ1v) is 10.4. The molecule has 1 atom stereocenters. The van der Waals surface area contributed by atoms with Crippen molar-refractivity contribution in [3.05, 3.63) is 53.3 Å². The van der Waals surface area contributed by atoms with Gasteiger partial charge >= 0.3 is 0 Å². The zero-order valence-electron chi connectivity index (χ0n) is 18.0. The molecule has 4 rings (SSSR count). The van der Waals surface area contributed by atoms with Gasteiger partial charge in [-0.1, -0.05) is 0 Å². The number of benzene rings is 1. The van der Waals surface area contributed by atoms with Crippen molar-refractivity contribution in [1.29, 1.82) is 0 Å². The second kappa shape index (κ2) is 8.34. The van der Waals surface area contributed by atoms with Gasteiger partial charge in [0.2, 0.25) is 5.91 Å². The molecular weight excluding hydrogens is 380 g/mol. The topological polar surface area (TPSA) is 73.4 Å². The minimum atomic E-state index is 0.116. The average molecular weight is 409 g/mol. The molecule has 0 spiro atoms. The number of carbonyl (C=O) groups is 1. The molecule has 1 fully saturated rings. The molecule has 7 heteroatoms. The first-order valence-electron chi connectivity index (χ1n) is 10.4. The van der Waals surface area contributed by atoms with Crippen LogP contribution in [0.15, 0.2) is 34.9 Å². The van der Waals surface area contributed by atoms with E-state index in [0.717, 1.165) is 42.1 Å². The van der Waals surface area contributed by atoms with Crippen LogP contribution in [0, 0.1) is 13.8 Å². The van der Waals surface area contributed by atoms with Crippen molar-refractivity contribution >= 4 is 5.91 Å². The average Bonchev–Trinajstić information content (AvgIpc) is 3.46. The third-order valence-electron chi connectivity index (χ3n) is 5.95. The highest BCUT2D eigenvalue weighted by atomic mass is 16.5. The van der Waals surface area contributed by atoms with Crippen LogP contribution in [0.25, 0.3) is 11.3 Å². The predicted octanol–water partition coefficient (Wildman–Crippen LogP) is 4.00. The van der Waals surface area contributed by atoms with Crippen LogP contribution in [-0.2, 0) is 18.3 Å². The molecule has 3 heterocycles. The highest BCUT2D eigenvalue weighted by Gasteiger charge is 2.33. The summed E-state index contributed by atoms with van der Waals surface area (Å²) in [6.45, 7) is 4.89. The molecule has 3 aromatic rings. The number of likely N-dealkylation sites (tertiary alicyclic amines) is 1. The van der Waals surface area contributed by atoms with E-state index in [1.165, 1.54) is 5.56 Å². The van der Waals surface area contributed by atoms with Crippen LogP contribution in [0.1, 0.15) is 48.1 Å². The zero-order valence-corrected chi connectivity index (χ0v) is 18.0. The number of oxazole rings is 1. The molecule has 1 aromatic carbocycles. The summed E-state index contributed by atoms with van der Waals surface area (Å²) < 4.78 is 13.0. The van der Waals surface area contributed by atoms with Crippen molar-refractivity contribution in [3.63, 3.8) is 0 Å². The summed E-state index contributed by atoms with van der Waals surface area (Å²) in [4.78, 5) is 19.4. The van der Waals surface area contributed by atoms with Crippen LogP contribution < -0.4 is 4.74 Å². The van der Waals surface area contributed by atoms with Crippen LogP contribution in [0.2, 0.25) is 0 Å². The molecule has 1 aliphatic rings. The van der Waals surface area contributed by atoms with Crippen molar-refractivity contribution in [3.8, 4) is 17.1 Å². The lowest BCUT2D eigenvalue weighted by Crippen LogP contribution is -2.31. The lowest BCUT2D eigenvalue weighted by molar-refractivity contribution is -0.132. The van der Waals surface area contributed by atoms with Gasteiger partial charge in [-0.25, -0.2) is 4.98 Å². The van der Waals surface area contributed by atoms with Crippen molar-refractivity contribution < 1.29 is 13.9 Å². The smallest absolute Gasteiger partial charge is 0.223 e. The van der Waals surface area contributed by atoms with Gasteiger partial charge in [-0.2, -0.15) is 5.10 Å². The van der Waals surface area contributed by atoms with E-state index in [1.54, 1.807) is 13.3 Å². The van der Waals surface area contributed by atoms with Gasteiger partial charge in [-0.15, -0.1) is 0 Å². The molecule has 0 bridgehead atoms. The van der Waals surface area contributed by atoms with E-state index in [4.69, 9.17) is 9.15 Å². The molecule has 7 nitrogen and oxygen atoms in total. The van der Waals surface area contributed by atoms with E-state index in [0.29, 0.717) is 24.5 Å². The lowest BCUT2D eigenvalue weighted by atomic mass is 10.0. The minimum Gasteiger partial charge on any atom is -0.497 e. The highest BCUT2D eigenvalue weighted by molar-refractivity contribution is 5.77. The Morgan fingerprint density at radius 3 is 2.70 bits per heavy atom. The molecule has 0 aliphatic carbocycles. The van der Waals surface area contributed by atoms with Gasteiger partial charge < -0.3 is 14.1 Å². The summed E-state index contributed by atoms with van der Waals surface area (Å²) in [5.74, 6) is 2.21. The predicted molar refractivity (Wildman–Crippen MR) is 113 cm³/mol. The quantitative estimate of drug-likeness (QED) is 0.616. The van der Waals surface area contributed by atoms with Gasteiger partial charge in [0.05, 0.1) is 25.0 Å². The van der Waals surface area contributed by atoms with E-state index in [2.05, 4.69) is 17.0 Å². The molecule has 2 aromatic heterocycles. The molecule has 0 N–H and O–H groups in total. The first-order chi connectivity index (χ1) is 14.5. The van der Waals surface area contributed by atoms with Gasteiger partial charge in [0.15, 0.2) is 11.7 Å². The Morgan fingerprint density at radius 2 is 2.03 bits per heavy atom. The van der Waals surface area contributed by atoms with Gasteiger partial charge in [0, 0.05) is 43.3 Å². The van der Waals surface area contributed by atoms with E-state index in [-0.39, 0.29) is 11.9 Å². The number of amides is 1. The fourth-order valence-corrected chi connectivity index (χ4v) is 4.31. The summed E-state index contributed by atoms with van der Waals surface area (Å²) in [6, 6.07) is 7.75. The van der Waals surface area contributed by atoms with Crippen LogP contribution in [0.4, 0.5) is 0 Å². The number of rotatable bonds is 6.